The van der Waals surface area contributed by atoms with Gasteiger partial charge in [-0.25, -0.2) is 9.18 Å². The van der Waals surface area contributed by atoms with E-state index in [1.54, 1.807) is 19.1 Å². The van der Waals surface area contributed by atoms with Crippen LogP contribution >= 0.6 is 0 Å². The van der Waals surface area contributed by atoms with Crippen molar-refractivity contribution in [1.29, 1.82) is 0 Å². The molecule has 0 aliphatic heterocycles. The van der Waals surface area contributed by atoms with Gasteiger partial charge >= 0.3 is 5.97 Å². The van der Waals surface area contributed by atoms with Crippen LogP contribution in [0.15, 0.2) is 36.8 Å². The van der Waals surface area contributed by atoms with Crippen LogP contribution in [0, 0.1) is 5.82 Å². The third-order valence-corrected chi connectivity index (χ3v) is 2.34. The zero-order valence-electron chi connectivity index (χ0n) is 9.76. The number of esters is 1. The van der Waals surface area contributed by atoms with Crippen molar-refractivity contribution in [2.45, 2.75) is 6.92 Å². The molecule has 0 radical (unpaired) electrons. The lowest BCUT2D eigenvalue weighted by molar-refractivity contribution is 0.0521. The van der Waals surface area contributed by atoms with E-state index in [9.17, 15) is 9.18 Å². The smallest absolute Gasteiger partial charge is 0.341 e. The van der Waals surface area contributed by atoms with Gasteiger partial charge in [0.15, 0.2) is 5.82 Å². The molecule has 0 aliphatic carbocycles. The van der Waals surface area contributed by atoms with Crippen LogP contribution < -0.4 is 0 Å². The quantitative estimate of drug-likeness (QED) is 0.780. The van der Waals surface area contributed by atoms with Crippen molar-refractivity contribution in [3.63, 3.8) is 0 Å². The Kier molecular flexibility index (Phi) is 3.62. The highest BCUT2D eigenvalue weighted by molar-refractivity contribution is 5.91. The molecule has 0 saturated heterocycles. The van der Waals surface area contributed by atoms with E-state index in [2.05, 4.69) is 9.97 Å². The molecule has 0 spiro atoms. The molecular weight excluding hydrogens is 235 g/mol. The number of halogens is 1. The standard InChI is InChI=1S/C13H11FN2O2/c1-2-18-13(17)10-5-8-16-12(11(10)14)9-3-6-15-7-4-9/h3-8H,2H2,1H3. The molecule has 2 aromatic rings. The minimum Gasteiger partial charge on any atom is -0.462 e. The van der Waals surface area contributed by atoms with E-state index in [0.717, 1.165) is 0 Å². The van der Waals surface area contributed by atoms with Gasteiger partial charge in [-0.15, -0.1) is 0 Å². The van der Waals surface area contributed by atoms with Crippen molar-refractivity contribution in [2.24, 2.45) is 0 Å². The fourth-order valence-electron chi connectivity index (χ4n) is 1.52. The van der Waals surface area contributed by atoms with E-state index in [1.165, 1.54) is 24.7 Å². The number of carbonyl (C=O) groups excluding carboxylic acids is 1. The first-order valence-electron chi connectivity index (χ1n) is 5.46. The van der Waals surface area contributed by atoms with Gasteiger partial charge in [-0.1, -0.05) is 0 Å². The van der Waals surface area contributed by atoms with Crippen LogP contribution in [0.25, 0.3) is 11.3 Å². The summed E-state index contributed by atoms with van der Waals surface area (Å²) in [5, 5.41) is 0. The second-order valence-corrected chi connectivity index (χ2v) is 3.48. The minimum atomic E-state index is -0.687. The van der Waals surface area contributed by atoms with Gasteiger partial charge in [-0.3, -0.25) is 9.97 Å². The Balaban J connectivity index is 2.46. The molecule has 18 heavy (non-hydrogen) atoms. The molecule has 0 bridgehead atoms. The lowest BCUT2D eigenvalue weighted by Crippen LogP contribution is -2.08. The molecule has 0 unspecified atom stereocenters. The monoisotopic (exact) mass is 246 g/mol. The molecule has 2 heterocycles. The Morgan fingerprint density at radius 1 is 1.28 bits per heavy atom. The van der Waals surface area contributed by atoms with Gasteiger partial charge in [-0.05, 0) is 25.1 Å². The first-order valence-corrected chi connectivity index (χ1v) is 5.46. The maximum Gasteiger partial charge on any atom is 0.341 e. The van der Waals surface area contributed by atoms with Crippen molar-refractivity contribution in [3.8, 4) is 11.3 Å². The molecule has 0 saturated carbocycles. The van der Waals surface area contributed by atoms with Gasteiger partial charge in [-0.2, -0.15) is 0 Å². The van der Waals surface area contributed by atoms with E-state index in [-0.39, 0.29) is 17.9 Å². The molecule has 2 rings (SSSR count). The highest BCUT2D eigenvalue weighted by atomic mass is 19.1. The molecule has 2 aromatic heterocycles. The van der Waals surface area contributed by atoms with Crippen LogP contribution in [0.2, 0.25) is 0 Å². The largest absolute Gasteiger partial charge is 0.462 e. The zero-order chi connectivity index (χ0) is 13.0. The Labute approximate surface area is 103 Å². The van der Waals surface area contributed by atoms with Crippen LogP contribution in [0.1, 0.15) is 17.3 Å². The van der Waals surface area contributed by atoms with Crippen LogP contribution in [0.4, 0.5) is 4.39 Å². The summed E-state index contributed by atoms with van der Waals surface area (Å²) in [6, 6.07) is 4.55. The van der Waals surface area contributed by atoms with Gasteiger partial charge in [0, 0.05) is 24.2 Å². The number of rotatable bonds is 3. The summed E-state index contributed by atoms with van der Waals surface area (Å²) >= 11 is 0. The predicted octanol–water partition coefficient (Wildman–Crippen LogP) is 2.46. The summed E-state index contributed by atoms with van der Waals surface area (Å²) in [7, 11) is 0. The van der Waals surface area contributed by atoms with Crippen molar-refractivity contribution in [1.82, 2.24) is 9.97 Å². The Bertz CT molecular complexity index is 558. The van der Waals surface area contributed by atoms with Crippen molar-refractivity contribution >= 4 is 5.97 Å². The maximum absolute atomic E-state index is 14.1. The molecule has 92 valence electrons. The van der Waals surface area contributed by atoms with Crippen LogP contribution in [0.5, 0.6) is 0 Å². The van der Waals surface area contributed by atoms with E-state index < -0.39 is 11.8 Å². The SMILES string of the molecule is CCOC(=O)c1ccnc(-c2ccncc2)c1F. The number of carbonyl (C=O) groups is 1. The normalized spacial score (nSPS) is 10.1. The summed E-state index contributed by atoms with van der Waals surface area (Å²) in [6.07, 6.45) is 4.45. The molecule has 0 aromatic carbocycles. The molecule has 5 heteroatoms. The Hall–Kier alpha value is -2.30. The van der Waals surface area contributed by atoms with Crippen LogP contribution in [-0.2, 0) is 4.74 Å². The number of pyridine rings is 2. The molecular formula is C13H11FN2O2. The number of ether oxygens (including phenoxy) is 1. The second kappa shape index (κ2) is 5.35. The third kappa shape index (κ3) is 2.34. The van der Waals surface area contributed by atoms with Gasteiger partial charge in [0.05, 0.1) is 12.2 Å². The molecule has 4 nitrogen and oxygen atoms in total. The molecule has 0 N–H and O–H groups in total. The zero-order valence-corrected chi connectivity index (χ0v) is 9.76. The molecule has 0 atom stereocenters. The summed E-state index contributed by atoms with van der Waals surface area (Å²) in [6.45, 7) is 1.87. The summed E-state index contributed by atoms with van der Waals surface area (Å²) in [4.78, 5) is 19.3. The van der Waals surface area contributed by atoms with Gasteiger partial charge in [0.25, 0.3) is 0 Å². The summed E-state index contributed by atoms with van der Waals surface area (Å²) in [5.41, 5.74) is 0.565. The lowest BCUT2D eigenvalue weighted by Gasteiger charge is -2.06. The van der Waals surface area contributed by atoms with Gasteiger partial charge in [0.2, 0.25) is 0 Å². The average molecular weight is 246 g/mol. The highest BCUT2D eigenvalue weighted by Gasteiger charge is 2.17. The molecule has 0 aliphatic rings. The number of aromatic nitrogens is 2. The van der Waals surface area contributed by atoms with E-state index in [1.807, 2.05) is 0 Å². The minimum absolute atomic E-state index is 0.112. The van der Waals surface area contributed by atoms with Crippen molar-refractivity contribution in [2.75, 3.05) is 6.61 Å². The van der Waals surface area contributed by atoms with E-state index >= 15 is 0 Å². The number of hydrogen-bond donors (Lipinski definition) is 0. The Morgan fingerprint density at radius 2 is 2.00 bits per heavy atom. The van der Waals surface area contributed by atoms with E-state index in [4.69, 9.17) is 4.74 Å². The third-order valence-electron chi connectivity index (χ3n) is 2.34. The number of nitrogens with zero attached hydrogens (tertiary/aromatic N) is 2. The lowest BCUT2D eigenvalue weighted by atomic mass is 10.1. The first-order chi connectivity index (χ1) is 8.74. The maximum atomic E-state index is 14.1. The summed E-state index contributed by atoms with van der Waals surface area (Å²) in [5.74, 6) is -1.37. The van der Waals surface area contributed by atoms with Crippen molar-refractivity contribution < 1.29 is 13.9 Å². The van der Waals surface area contributed by atoms with Crippen molar-refractivity contribution in [3.05, 3.63) is 48.2 Å². The fraction of sp³-hybridized carbons (Fsp3) is 0.154. The predicted molar refractivity (Wildman–Crippen MR) is 63.4 cm³/mol. The molecule has 0 amide bonds. The van der Waals surface area contributed by atoms with E-state index in [0.29, 0.717) is 5.56 Å². The van der Waals surface area contributed by atoms with Gasteiger partial charge < -0.3 is 4.74 Å². The van der Waals surface area contributed by atoms with Crippen LogP contribution in [-0.4, -0.2) is 22.5 Å². The fourth-order valence-corrected chi connectivity index (χ4v) is 1.52. The van der Waals surface area contributed by atoms with Gasteiger partial charge in [0.1, 0.15) is 5.69 Å². The van der Waals surface area contributed by atoms with Crippen LogP contribution in [0.3, 0.4) is 0 Å². The highest BCUT2D eigenvalue weighted by Crippen LogP contribution is 2.22. The Morgan fingerprint density at radius 3 is 2.67 bits per heavy atom. The number of hydrogen-bond acceptors (Lipinski definition) is 4. The molecule has 0 fully saturated rings. The first kappa shape index (κ1) is 12.2. The summed E-state index contributed by atoms with van der Waals surface area (Å²) < 4.78 is 18.9. The topological polar surface area (TPSA) is 52.1 Å². The average Bonchev–Trinajstić information content (AvgIpc) is 2.40. The second-order valence-electron chi connectivity index (χ2n) is 3.48.